The fourth-order valence-electron chi connectivity index (χ4n) is 3.64. The lowest BCUT2D eigenvalue weighted by Crippen LogP contribution is -2.18. The van der Waals surface area contributed by atoms with E-state index in [0.29, 0.717) is 21.6 Å². The minimum atomic E-state index is -0.413. The highest BCUT2D eigenvalue weighted by atomic mass is 32.2. The predicted octanol–water partition coefficient (Wildman–Crippen LogP) is 1.96. The number of thiophene rings is 1. The molecule has 1 amide bonds. The van der Waals surface area contributed by atoms with Crippen molar-refractivity contribution < 1.29 is 19.4 Å². The van der Waals surface area contributed by atoms with E-state index in [4.69, 9.17) is 9.84 Å². The van der Waals surface area contributed by atoms with Crippen molar-refractivity contribution in [3.05, 3.63) is 32.6 Å². The van der Waals surface area contributed by atoms with Crippen LogP contribution in [0.5, 0.6) is 0 Å². The molecule has 1 aliphatic carbocycles. The van der Waals surface area contributed by atoms with Gasteiger partial charge in [0.2, 0.25) is 5.91 Å². The van der Waals surface area contributed by atoms with Gasteiger partial charge in [-0.15, -0.1) is 11.3 Å². The number of aliphatic hydroxyl groups excluding tert-OH is 1. The van der Waals surface area contributed by atoms with Gasteiger partial charge in [-0.3, -0.25) is 9.59 Å². The number of ether oxygens (including phenoxy) is 1. The Kier molecular flexibility index (Phi) is 6.92. The molecule has 3 heterocycles. The molecule has 3 aromatic heterocycles. The fraction of sp³-hybridized carbons (Fsp3) is 0.450. The van der Waals surface area contributed by atoms with Crippen LogP contribution in [0.1, 0.15) is 40.6 Å². The quantitative estimate of drug-likeness (QED) is 0.254. The second kappa shape index (κ2) is 9.84. The first-order valence-corrected chi connectivity index (χ1v) is 12.1. The second-order valence-electron chi connectivity index (χ2n) is 7.17. The summed E-state index contributed by atoms with van der Waals surface area (Å²) in [5.74, 6) is -0.734. The number of fused-ring (bicyclic) bond motifs is 2. The first-order valence-electron chi connectivity index (χ1n) is 10.3. The largest absolute Gasteiger partial charge is 0.462 e. The monoisotopic (exact) mass is 477 g/mol. The molecule has 0 spiro atoms. The molecule has 10 nitrogen and oxygen atoms in total. The number of anilines is 1. The molecule has 0 saturated heterocycles. The molecular weight excluding hydrogens is 454 g/mol. The number of rotatable bonds is 8. The van der Waals surface area contributed by atoms with Crippen molar-refractivity contribution in [2.75, 3.05) is 24.3 Å². The normalized spacial score (nSPS) is 13.2. The Balaban J connectivity index is 1.50. The molecule has 170 valence electrons. The first kappa shape index (κ1) is 22.5. The summed E-state index contributed by atoms with van der Waals surface area (Å²) in [7, 11) is 0. The highest BCUT2D eigenvalue weighted by Crippen LogP contribution is 2.38. The molecular formula is C20H23N5O5S2. The van der Waals surface area contributed by atoms with Crippen molar-refractivity contribution in [3.8, 4) is 0 Å². The van der Waals surface area contributed by atoms with Gasteiger partial charge in [0.15, 0.2) is 10.8 Å². The zero-order chi connectivity index (χ0) is 22.7. The lowest BCUT2D eigenvalue weighted by Gasteiger charge is -2.12. The van der Waals surface area contributed by atoms with Crippen molar-refractivity contribution in [1.82, 2.24) is 19.7 Å². The molecule has 4 rings (SSSR count). The van der Waals surface area contributed by atoms with Gasteiger partial charge in [-0.1, -0.05) is 11.8 Å². The van der Waals surface area contributed by atoms with Crippen molar-refractivity contribution in [2.24, 2.45) is 0 Å². The van der Waals surface area contributed by atoms with Crippen LogP contribution in [-0.2, 0) is 28.9 Å². The van der Waals surface area contributed by atoms with Crippen molar-refractivity contribution in [1.29, 1.82) is 0 Å². The second-order valence-corrected chi connectivity index (χ2v) is 9.24. The van der Waals surface area contributed by atoms with Crippen LogP contribution < -0.4 is 10.9 Å². The van der Waals surface area contributed by atoms with Gasteiger partial charge in [0, 0.05) is 4.88 Å². The minimum absolute atomic E-state index is 0.00653. The highest BCUT2D eigenvalue weighted by Gasteiger charge is 2.27. The number of aromatic nitrogens is 4. The van der Waals surface area contributed by atoms with E-state index in [0.717, 1.165) is 47.9 Å². The SMILES string of the molecule is CCOC(=O)c1c(NC(=O)CSc2nc3c(cnn3CCO)c(=O)[nH]2)sc2c1CCCC2. The molecule has 12 heteroatoms. The number of aromatic amines is 1. The van der Waals surface area contributed by atoms with Gasteiger partial charge in [0.25, 0.3) is 5.56 Å². The fourth-order valence-corrected chi connectivity index (χ4v) is 5.59. The van der Waals surface area contributed by atoms with Crippen molar-refractivity contribution in [2.45, 2.75) is 44.3 Å². The number of esters is 1. The molecule has 0 radical (unpaired) electrons. The molecule has 0 bridgehead atoms. The van der Waals surface area contributed by atoms with Gasteiger partial charge in [-0.25, -0.2) is 14.5 Å². The summed E-state index contributed by atoms with van der Waals surface area (Å²) in [6.07, 6.45) is 5.16. The molecule has 0 aliphatic heterocycles. The number of aryl methyl sites for hydroxylation is 1. The van der Waals surface area contributed by atoms with E-state index < -0.39 is 5.97 Å². The van der Waals surface area contributed by atoms with Gasteiger partial charge >= 0.3 is 5.97 Å². The standard InChI is InChI=1S/C20H23N5O5S2/c1-2-30-19(29)15-11-5-3-4-6-13(11)32-18(15)22-14(27)10-31-20-23-16-12(17(28)24-20)9-21-25(16)7-8-26/h9,26H,2-8,10H2,1H3,(H,22,27)(H,23,24,28). The predicted molar refractivity (Wildman–Crippen MR) is 122 cm³/mol. The number of hydrogen-bond donors (Lipinski definition) is 3. The summed E-state index contributed by atoms with van der Waals surface area (Å²) >= 11 is 2.50. The maximum Gasteiger partial charge on any atom is 0.341 e. The zero-order valence-electron chi connectivity index (χ0n) is 17.5. The van der Waals surface area contributed by atoms with E-state index in [1.807, 2.05) is 0 Å². The van der Waals surface area contributed by atoms with Gasteiger partial charge in [0.1, 0.15) is 10.4 Å². The Morgan fingerprint density at radius 1 is 1.38 bits per heavy atom. The molecule has 1 aliphatic rings. The van der Waals surface area contributed by atoms with Crippen LogP contribution in [0.25, 0.3) is 11.0 Å². The van der Waals surface area contributed by atoms with Crippen LogP contribution in [0.2, 0.25) is 0 Å². The third-order valence-electron chi connectivity index (χ3n) is 5.04. The smallest absolute Gasteiger partial charge is 0.341 e. The molecule has 0 unspecified atom stereocenters. The minimum Gasteiger partial charge on any atom is -0.462 e. The Labute approximate surface area is 191 Å². The summed E-state index contributed by atoms with van der Waals surface area (Å²) in [5, 5.41) is 17.1. The Bertz CT molecular complexity index is 1220. The van der Waals surface area contributed by atoms with Crippen LogP contribution >= 0.6 is 23.1 Å². The number of amides is 1. The molecule has 0 saturated carbocycles. The number of carbonyl (C=O) groups is 2. The van der Waals surface area contributed by atoms with Crippen molar-refractivity contribution in [3.63, 3.8) is 0 Å². The maximum atomic E-state index is 12.7. The van der Waals surface area contributed by atoms with Gasteiger partial charge in [0.05, 0.1) is 37.3 Å². The van der Waals surface area contributed by atoms with E-state index in [1.54, 1.807) is 6.92 Å². The van der Waals surface area contributed by atoms with Crippen LogP contribution in [0.15, 0.2) is 16.1 Å². The van der Waals surface area contributed by atoms with Crippen LogP contribution in [0.3, 0.4) is 0 Å². The average molecular weight is 478 g/mol. The molecule has 3 aromatic rings. The number of H-pyrrole nitrogens is 1. The van der Waals surface area contributed by atoms with E-state index >= 15 is 0 Å². The summed E-state index contributed by atoms with van der Waals surface area (Å²) in [6.45, 7) is 2.09. The third-order valence-corrected chi connectivity index (χ3v) is 7.12. The Morgan fingerprint density at radius 3 is 2.97 bits per heavy atom. The van der Waals surface area contributed by atoms with Crippen LogP contribution in [-0.4, -0.2) is 55.7 Å². The summed E-state index contributed by atoms with van der Waals surface area (Å²) in [5.41, 5.74) is 1.43. The van der Waals surface area contributed by atoms with Gasteiger partial charge < -0.3 is 20.1 Å². The number of aliphatic hydroxyl groups is 1. The van der Waals surface area contributed by atoms with Gasteiger partial charge in [-0.2, -0.15) is 5.10 Å². The third kappa shape index (κ3) is 4.57. The number of carbonyl (C=O) groups excluding carboxylic acids is 2. The highest BCUT2D eigenvalue weighted by molar-refractivity contribution is 7.99. The topological polar surface area (TPSA) is 139 Å². The molecule has 3 N–H and O–H groups in total. The van der Waals surface area contributed by atoms with E-state index in [1.165, 1.54) is 22.2 Å². The average Bonchev–Trinajstić information content (AvgIpc) is 3.34. The lowest BCUT2D eigenvalue weighted by molar-refractivity contribution is -0.113. The van der Waals surface area contributed by atoms with Crippen LogP contribution in [0.4, 0.5) is 5.00 Å². The number of hydrogen-bond acceptors (Lipinski definition) is 9. The molecule has 32 heavy (non-hydrogen) atoms. The number of thioether (sulfide) groups is 1. The molecule has 0 atom stereocenters. The zero-order valence-corrected chi connectivity index (χ0v) is 19.1. The molecule has 0 fully saturated rings. The van der Waals surface area contributed by atoms with E-state index in [2.05, 4.69) is 20.4 Å². The Morgan fingerprint density at radius 2 is 2.19 bits per heavy atom. The van der Waals surface area contributed by atoms with E-state index in [9.17, 15) is 14.4 Å². The first-order chi connectivity index (χ1) is 15.5. The van der Waals surface area contributed by atoms with E-state index in [-0.39, 0.29) is 42.1 Å². The lowest BCUT2D eigenvalue weighted by atomic mass is 9.95. The summed E-state index contributed by atoms with van der Waals surface area (Å²) in [6, 6.07) is 0. The number of nitrogens with one attached hydrogen (secondary N) is 2. The summed E-state index contributed by atoms with van der Waals surface area (Å²) < 4.78 is 6.66. The van der Waals surface area contributed by atoms with Crippen molar-refractivity contribution >= 4 is 51.0 Å². The maximum absolute atomic E-state index is 12.7. The van der Waals surface area contributed by atoms with Gasteiger partial charge in [-0.05, 0) is 38.2 Å². The number of nitrogens with zero attached hydrogens (tertiary/aromatic N) is 3. The van der Waals surface area contributed by atoms with Crippen LogP contribution in [0, 0.1) is 0 Å². The summed E-state index contributed by atoms with van der Waals surface area (Å²) in [4.78, 5) is 45.6. The Hall–Kier alpha value is -2.70. The molecule has 0 aromatic carbocycles.